The average molecular weight is 802 g/mol. The van der Waals surface area contributed by atoms with Crippen molar-refractivity contribution in [3.63, 3.8) is 0 Å². The molecular weight excluding hydrogens is 772 g/mol. The lowest BCUT2D eigenvalue weighted by atomic mass is 9.95. The highest BCUT2D eigenvalue weighted by atomic mass is 35.5. The van der Waals surface area contributed by atoms with E-state index in [2.05, 4.69) is 101 Å². The van der Waals surface area contributed by atoms with Gasteiger partial charge in [-0.05, 0) is 136 Å². The van der Waals surface area contributed by atoms with Crippen LogP contribution < -0.4 is 0 Å². The minimum absolute atomic E-state index is 0.666. The maximum atomic E-state index is 6.48. The summed E-state index contributed by atoms with van der Waals surface area (Å²) in [5, 5.41) is 2.68. The van der Waals surface area contributed by atoms with E-state index in [9.17, 15) is 0 Å². The molecule has 2 aliphatic rings. The molecule has 0 spiro atoms. The molecule has 5 aromatic carbocycles. The highest BCUT2D eigenvalue weighted by Gasteiger charge is 2.24. The smallest absolute Gasteiger partial charge is 0.0737 e. The fourth-order valence-corrected chi connectivity index (χ4v) is 8.45. The van der Waals surface area contributed by atoms with Crippen molar-refractivity contribution < 1.29 is 0 Å². The van der Waals surface area contributed by atoms with Crippen LogP contribution in [0.4, 0.5) is 0 Å². The van der Waals surface area contributed by atoms with E-state index in [0.29, 0.717) is 20.1 Å². The van der Waals surface area contributed by atoms with Crippen LogP contribution in [0.15, 0.2) is 152 Å². The van der Waals surface area contributed by atoms with Crippen molar-refractivity contribution in [2.24, 2.45) is 0 Å². The molecular formula is C49H29Cl4N3. The minimum Gasteiger partial charge on any atom is -0.354 e. The van der Waals surface area contributed by atoms with Crippen molar-refractivity contribution in [1.29, 1.82) is 0 Å². The Morgan fingerprint density at radius 2 is 0.625 bits per heavy atom. The summed E-state index contributed by atoms with van der Waals surface area (Å²) >= 11 is 25.8. The number of hydrogen-bond donors (Lipinski definition) is 2. The SMILES string of the molecule is Clc1ccc(-c2c3cc(c(-c4ccc(Cl)cc4)c4ccc([nH]4)c(-c4ccc(Cl)cc4)c4nc(c(-c5ccc(Cl)cc5)c5ccc2[nH]5)C=C4)-c2ccccc2-3)cc1. The Hall–Kier alpha value is -5.81. The van der Waals surface area contributed by atoms with Crippen LogP contribution in [0.5, 0.6) is 0 Å². The van der Waals surface area contributed by atoms with Crippen LogP contribution in [0.3, 0.4) is 0 Å². The topological polar surface area (TPSA) is 44.5 Å². The Morgan fingerprint density at radius 3 is 0.964 bits per heavy atom. The Balaban J connectivity index is 1.44. The van der Waals surface area contributed by atoms with E-state index in [0.717, 1.165) is 100 Å². The van der Waals surface area contributed by atoms with E-state index in [1.165, 1.54) is 0 Å². The van der Waals surface area contributed by atoms with Crippen LogP contribution in [0.1, 0.15) is 11.4 Å². The molecule has 1 aliphatic heterocycles. The average Bonchev–Trinajstić information content (AvgIpc) is 4.05. The van der Waals surface area contributed by atoms with E-state index in [-0.39, 0.29) is 0 Å². The number of aromatic amines is 2. The van der Waals surface area contributed by atoms with E-state index in [1.54, 1.807) is 0 Å². The zero-order valence-corrected chi connectivity index (χ0v) is 32.6. The highest BCUT2D eigenvalue weighted by molar-refractivity contribution is 6.31. The number of nitrogens with zero attached hydrogens (tertiary/aromatic N) is 1. The van der Waals surface area contributed by atoms with Gasteiger partial charge >= 0.3 is 0 Å². The Kier molecular flexibility index (Phi) is 8.69. The molecule has 3 nitrogen and oxygen atoms in total. The molecule has 3 aromatic heterocycles. The molecule has 8 bridgehead atoms. The van der Waals surface area contributed by atoms with Gasteiger partial charge in [-0.2, -0.15) is 0 Å². The van der Waals surface area contributed by atoms with Gasteiger partial charge in [0, 0.05) is 64.4 Å². The van der Waals surface area contributed by atoms with E-state index < -0.39 is 0 Å². The second-order valence-electron chi connectivity index (χ2n) is 13.8. The Morgan fingerprint density at radius 1 is 0.321 bits per heavy atom. The Bertz CT molecular complexity index is 2830. The number of hydrogen-bond acceptors (Lipinski definition) is 1. The van der Waals surface area contributed by atoms with Crippen LogP contribution in [0.25, 0.3) is 101 Å². The molecule has 0 amide bonds. The molecule has 56 heavy (non-hydrogen) atoms. The van der Waals surface area contributed by atoms with Crippen LogP contribution in [0.2, 0.25) is 20.1 Å². The lowest BCUT2D eigenvalue weighted by Crippen LogP contribution is -1.88. The number of H-pyrrole nitrogens is 2. The maximum absolute atomic E-state index is 6.48. The van der Waals surface area contributed by atoms with Gasteiger partial charge in [0.15, 0.2) is 0 Å². The number of rotatable bonds is 4. The summed E-state index contributed by atoms with van der Waals surface area (Å²) in [5.41, 5.74) is 17.9. The molecule has 0 saturated carbocycles. The third-order valence-electron chi connectivity index (χ3n) is 10.5. The summed E-state index contributed by atoms with van der Waals surface area (Å²) in [6.45, 7) is 0. The number of nitrogens with one attached hydrogen (secondary N) is 2. The third-order valence-corrected chi connectivity index (χ3v) is 11.5. The third kappa shape index (κ3) is 6.14. The van der Waals surface area contributed by atoms with Crippen molar-refractivity contribution in [3.8, 4) is 66.8 Å². The van der Waals surface area contributed by atoms with Crippen LogP contribution >= 0.6 is 46.4 Å². The van der Waals surface area contributed by atoms with Gasteiger partial charge in [-0.3, -0.25) is 0 Å². The van der Waals surface area contributed by atoms with Gasteiger partial charge in [0.1, 0.15) is 0 Å². The van der Waals surface area contributed by atoms with Gasteiger partial charge in [-0.25, -0.2) is 4.98 Å². The second kappa shape index (κ2) is 14.0. The highest BCUT2D eigenvalue weighted by Crippen LogP contribution is 2.49. The van der Waals surface area contributed by atoms with Gasteiger partial charge in [0.25, 0.3) is 0 Å². The molecule has 7 heteroatoms. The van der Waals surface area contributed by atoms with E-state index in [4.69, 9.17) is 51.4 Å². The van der Waals surface area contributed by atoms with Crippen molar-refractivity contribution in [1.82, 2.24) is 15.0 Å². The van der Waals surface area contributed by atoms with Gasteiger partial charge in [-0.1, -0.05) is 119 Å². The summed E-state index contributed by atoms with van der Waals surface area (Å²) in [7, 11) is 0. The zero-order chi connectivity index (χ0) is 37.9. The van der Waals surface area contributed by atoms with Crippen molar-refractivity contribution >= 4 is 80.6 Å². The molecule has 268 valence electrons. The van der Waals surface area contributed by atoms with Gasteiger partial charge < -0.3 is 9.97 Å². The monoisotopic (exact) mass is 799 g/mol. The quantitative estimate of drug-likeness (QED) is 0.183. The summed E-state index contributed by atoms with van der Waals surface area (Å²) in [4.78, 5) is 13.1. The molecule has 0 radical (unpaired) electrons. The maximum Gasteiger partial charge on any atom is 0.0737 e. The number of benzene rings is 5. The molecule has 0 atom stereocenters. The number of aromatic nitrogens is 3. The van der Waals surface area contributed by atoms with E-state index >= 15 is 0 Å². The molecule has 4 heterocycles. The predicted octanol–water partition coefficient (Wildman–Crippen LogP) is 15.7. The summed E-state index contributed by atoms with van der Waals surface area (Å²) < 4.78 is 0. The van der Waals surface area contributed by atoms with Crippen LogP contribution in [0, 0.1) is 0 Å². The molecule has 2 N–H and O–H groups in total. The van der Waals surface area contributed by atoms with E-state index in [1.807, 2.05) is 72.8 Å². The first kappa shape index (κ1) is 34.7. The molecule has 8 aromatic rings. The van der Waals surface area contributed by atoms with Gasteiger partial charge in [0.05, 0.1) is 11.4 Å². The van der Waals surface area contributed by atoms with Crippen molar-refractivity contribution in [2.75, 3.05) is 0 Å². The lowest BCUT2D eigenvalue weighted by molar-refractivity contribution is 1.32. The number of halogens is 4. The first-order valence-electron chi connectivity index (χ1n) is 18.1. The molecule has 1 aliphatic carbocycles. The fraction of sp³-hybridized carbons (Fsp3) is 0. The molecule has 0 fully saturated rings. The Labute approximate surface area is 343 Å². The molecule has 0 saturated heterocycles. The molecule has 10 rings (SSSR count). The van der Waals surface area contributed by atoms with Crippen LogP contribution in [-0.4, -0.2) is 15.0 Å². The minimum atomic E-state index is 0.666. The fourth-order valence-electron chi connectivity index (χ4n) is 7.94. The lowest BCUT2D eigenvalue weighted by Gasteiger charge is -2.10. The van der Waals surface area contributed by atoms with Crippen molar-refractivity contribution in [2.45, 2.75) is 0 Å². The normalized spacial score (nSPS) is 11.9. The van der Waals surface area contributed by atoms with Gasteiger partial charge in [-0.15, -0.1) is 0 Å². The van der Waals surface area contributed by atoms with Crippen molar-refractivity contribution in [3.05, 3.63) is 183 Å². The van der Waals surface area contributed by atoms with Gasteiger partial charge in [0.2, 0.25) is 0 Å². The second-order valence-corrected chi connectivity index (χ2v) is 15.6. The summed E-state index contributed by atoms with van der Waals surface area (Å²) in [6.07, 6.45) is 4.17. The molecule has 0 unspecified atom stereocenters. The number of fused-ring (bicyclic) bond motifs is 11. The first-order chi connectivity index (χ1) is 27.4. The summed E-state index contributed by atoms with van der Waals surface area (Å²) in [5.74, 6) is 0. The first-order valence-corrected chi connectivity index (χ1v) is 19.6. The standard InChI is InChI=1S/C49H29Cl4N3/c50-32-13-5-28(6-14-32)46-38-27-39(37-4-2-1-3-36(37)38)47(29-7-15-33(51)16-8-29)41-22-24-43(55-41)49(31-11-19-35(53)20-12-31)45-26-25-44(56-45)48(42-23-21-40(46)54-42)30-9-17-34(52)18-10-30/h1-27,54-55H. The zero-order valence-electron chi connectivity index (χ0n) is 29.5. The summed E-state index contributed by atoms with van der Waals surface area (Å²) in [6, 6.07) is 51.5. The predicted molar refractivity (Wildman–Crippen MR) is 238 cm³/mol. The largest absolute Gasteiger partial charge is 0.354 e. The van der Waals surface area contributed by atoms with Crippen LogP contribution in [-0.2, 0) is 0 Å².